The standard InChI is InChI=1S/C16H20N4O/c1-12-13(2)19(11-18-12)10-16(21)20-9-5-7-15(20)14-6-3-4-8-17-14/h3-4,6,8,11,15H,5,7,9-10H2,1-2H3/t15-/m1/s1. The smallest absolute Gasteiger partial charge is 0.243 e. The summed E-state index contributed by atoms with van der Waals surface area (Å²) in [5.41, 5.74) is 3.02. The molecule has 2 aromatic heterocycles. The first kappa shape index (κ1) is 13.8. The van der Waals surface area contributed by atoms with Crippen molar-refractivity contribution in [3.8, 4) is 0 Å². The van der Waals surface area contributed by atoms with Crippen molar-refractivity contribution in [2.75, 3.05) is 6.54 Å². The van der Waals surface area contributed by atoms with E-state index in [2.05, 4.69) is 9.97 Å². The number of nitrogens with zero attached hydrogens (tertiary/aromatic N) is 4. The molecule has 1 aliphatic heterocycles. The fraction of sp³-hybridized carbons (Fsp3) is 0.438. The summed E-state index contributed by atoms with van der Waals surface area (Å²) >= 11 is 0. The molecule has 5 heteroatoms. The minimum atomic E-state index is 0.114. The van der Waals surface area contributed by atoms with E-state index in [4.69, 9.17) is 0 Å². The van der Waals surface area contributed by atoms with Crippen LogP contribution in [0.5, 0.6) is 0 Å². The van der Waals surface area contributed by atoms with Crippen molar-refractivity contribution < 1.29 is 4.79 Å². The van der Waals surface area contributed by atoms with Crippen LogP contribution in [0.1, 0.15) is 36.0 Å². The van der Waals surface area contributed by atoms with Crippen LogP contribution in [-0.2, 0) is 11.3 Å². The Bertz CT molecular complexity index is 635. The molecule has 110 valence electrons. The van der Waals surface area contributed by atoms with Crippen LogP contribution in [0.3, 0.4) is 0 Å². The number of hydrogen-bond donors (Lipinski definition) is 0. The van der Waals surface area contributed by atoms with Gasteiger partial charge in [-0.05, 0) is 38.8 Å². The maximum Gasteiger partial charge on any atom is 0.243 e. The highest BCUT2D eigenvalue weighted by Crippen LogP contribution is 2.30. The molecule has 1 amide bonds. The normalized spacial score (nSPS) is 18.2. The number of aromatic nitrogens is 3. The molecule has 21 heavy (non-hydrogen) atoms. The van der Waals surface area contributed by atoms with Gasteiger partial charge in [-0.25, -0.2) is 4.98 Å². The quantitative estimate of drug-likeness (QED) is 0.868. The summed E-state index contributed by atoms with van der Waals surface area (Å²) in [6.07, 6.45) is 5.56. The summed E-state index contributed by atoms with van der Waals surface area (Å²) in [6.45, 7) is 5.13. The zero-order valence-corrected chi connectivity index (χ0v) is 12.5. The summed E-state index contributed by atoms with van der Waals surface area (Å²) in [4.78, 5) is 23.2. The summed E-state index contributed by atoms with van der Waals surface area (Å²) in [6, 6.07) is 6.00. The van der Waals surface area contributed by atoms with E-state index in [1.807, 2.05) is 41.5 Å². The van der Waals surface area contributed by atoms with Crippen LogP contribution >= 0.6 is 0 Å². The maximum atomic E-state index is 12.6. The molecule has 2 aromatic rings. The van der Waals surface area contributed by atoms with Crippen molar-refractivity contribution in [3.05, 3.63) is 47.8 Å². The Labute approximate surface area is 124 Å². The molecule has 0 radical (unpaired) electrons. The third-order valence-corrected chi connectivity index (χ3v) is 4.25. The molecule has 0 aromatic carbocycles. The number of carbonyl (C=O) groups is 1. The lowest BCUT2D eigenvalue weighted by Crippen LogP contribution is -2.33. The van der Waals surface area contributed by atoms with Gasteiger partial charge in [0.25, 0.3) is 0 Å². The number of imidazole rings is 1. The Kier molecular flexibility index (Phi) is 3.73. The van der Waals surface area contributed by atoms with Gasteiger partial charge in [0.1, 0.15) is 6.54 Å². The molecule has 0 bridgehead atoms. The van der Waals surface area contributed by atoms with E-state index in [-0.39, 0.29) is 11.9 Å². The van der Waals surface area contributed by atoms with Crippen LogP contribution in [0, 0.1) is 13.8 Å². The largest absolute Gasteiger partial charge is 0.333 e. The third-order valence-electron chi connectivity index (χ3n) is 4.25. The van der Waals surface area contributed by atoms with Crippen LogP contribution in [-0.4, -0.2) is 31.9 Å². The van der Waals surface area contributed by atoms with E-state index in [1.165, 1.54) is 0 Å². The van der Waals surface area contributed by atoms with Crippen molar-refractivity contribution >= 4 is 5.91 Å². The zero-order chi connectivity index (χ0) is 14.8. The SMILES string of the molecule is Cc1ncn(CC(=O)N2CCC[C@@H]2c2ccccn2)c1C. The van der Waals surface area contributed by atoms with Crippen molar-refractivity contribution in [3.63, 3.8) is 0 Å². The lowest BCUT2D eigenvalue weighted by atomic mass is 10.1. The molecule has 3 rings (SSSR count). The van der Waals surface area contributed by atoms with Crippen LogP contribution in [0.4, 0.5) is 0 Å². The summed E-state index contributed by atoms with van der Waals surface area (Å²) < 4.78 is 1.92. The van der Waals surface area contributed by atoms with E-state index >= 15 is 0 Å². The lowest BCUT2D eigenvalue weighted by Gasteiger charge is -2.24. The van der Waals surface area contributed by atoms with Gasteiger partial charge in [-0.2, -0.15) is 0 Å². The molecule has 3 heterocycles. The van der Waals surface area contributed by atoms with E-state index < -0.39 is 0 Å². The number of amides is 1. The Morgan fingerprint density at radius 2 is 2.19 bits per heavy atom. The minimum Gasteiger partial charge on any atom is -0.333 e. The van der Waals surface area contributed by atoms with E-state index in [0.717, 1.165) is 36.5 Å². The number of pyridine rings is 1. The average molecular weight is 284 g/mol. The highest BCUT2D eigenvalue weighted by atomic mass is 16.2. The molecule has 0 spiro atoms. The van der Waals surface area contributed by atoms with Gasteiger partial charge >= 0.3 is 0 Å². The topological polar surface area (TPSA) is 51.0 Å². The van der Waals surface area contributed by atoms with Crippen LogP contribution < -0.4 is 0 Å². The summed E-state index contributed by atoms with van der Waals surface area (Å²) in [5, 5.41) is 0. The number of likely N-dealkylation sites (tertiary alicyclic amines) is 1. The molecular formula is C16H20N4O. The molecule has 1 aliphatic rings. The molecule has 1 fully saturated rings. The summed E-state index contributed by atoms with van der Waals surface area (Å²) in [7, 11) is 0. The minimum absolute atomic E-state index is 0.114. The molecule has 0 aliphatic carbocycles. The second kappa shape index (κ2) is 5.68. The van der Waals surface area contributed by atoms with Gasteiger partial charge in [0.15, 0.2) is 0 Å². The number of hydrogen-bond acceptors (Lipinski definition) is 3. The Hall–Kier alpha value is -2.17. The van der Waals surface area contributed by atoms with Crippen molar-refractivity contribution in [1.29, 1.82) is 0 Å². The van der Waals surface area contributed by atoms with Crippen LogP contribution in [0.15, 0.2) is 30.7 Å². The van der Waals surface area contributed by atoms with Gasteiger partial charge in [0.05, 0.1) is 23.8 Å². The first-order valence-corrected chi connectivity index (χ1v) is 7.35. The average Bonchev–Trinajstić information content (AvgIpc) is 3.10. The molecule has 1 saturated heterocycles. The first-order valence-electron chi connectivity index (χ1n) is 7.35. The van der Waals surface area contributed by atoms with Crippen molar-refractivity contribution in [1.82, 2.24) is 19.4 Å². The monoisotopic (exact) mass is 284 g/mol. The number of carbonyl (C=O) groups excluding carboxylic acids is 1. The second-order valence-electron chi connectivity index (χ2n) is 5.54. The van der Waals surface area contributed by atoms with Crippen LogP contribution in [0.25, 0.3) is 0 Å². The van der Waals surface area contributed by atoms with Gasteiger partial charge in [-0.15, -0.1) is 0 Å². The van der Waals surface area contributed by atoms with Gasteiger partial charge < -0.3 is 9.47 Å². The maximum absolute atomic E-state index is 12.6. The van der Waals surface area contributed by atoms with Crippen molar-refractivity contribution in [2.45, 2.75) is 39.3 Å². The van der Waals surface area contributed by atoms with Gasteiger partial charge in [0, 0.05) is 18.4 Å². The summed E-state index contributed by atoms with van der Waals surface area (Å²) in [5.74, 6) is 0.142. The zero-order valence-electron chi connectivity index (χ0n) is 12.5. The molecular weight excluding hydrogens is 264 g/mol. The molecule has 5 nitrogen and oxygen atoms in total. The first-order chi connectivity index (χ1) is 10.2. The van der Waals surface area contributed by atoms with E-state index in [0.29, 0.717) is 6.54 Å². The predicted octanol–water partition coefficient (Wildman–Crippen LogP) is 2.26. The number of aryl methyl sites for hydroxylation is 1. The Morgan fingerprint density at radius 1 is 1.33 bits per heavy atom. The lowest BCUT2D eigenvalue weighted by molar-refractivity contribution is -0.132. The fourth-order valence-corrected chi connectivity index (χ4v) is 2.89. The fourth-order valence-electron chi connectivity index (χ4n) is 2.89. The van der Waals surface area contributed by atoms with Gasteiger partial charge in [-0.1, -0.05) is 6.07 Å². The third kappa shape index (κ3) is 2.68. The van der Waals surface area contributed by atoms with Gasteiger partial charge in [0.2, 0.25) is 5.91 Å². The highest BCUT2D eigenvalue weighted by Gasteiger charge is 2.30. The molecule has 0 saturated carbocycles. The number of rotatable bonds is 3. The second-order valence-corrected chi connectivity index (χ2v) is 5.54. The molecule has 1 atom stereocenters. The van der Waals surface area contributed by atoms with Crippen molar-refractivity contribution in [2.24, 2.45) is 0 Å². The Morgan fingerprint density at radius 3 is 2.86 bits per heavy atom. The molecule has 0 unspecified atom stereocenters. The van der Waals surface area contributed by atoms with Crippen LogP contribution in [0.2, 0.25) is 0 Å². The van der Waals surface area contributed by atoms with E-state index in [9.17, 15) is 4.79 Å². The Balaban J connectivity index is 1.76. The van der Waals surface area contributed by atoms with E-state index in [1.54, 1.807) is 12.5 Å². The molecule has 0 N–H and O–H groups in total. The predicted molar refractivity (Wildman–Crippen MR) is 79.6 cm³/mol. The van der Waals surface area contributed by atoms with Gasteiger partial charge in [-0.3, -0.25) is 9.78 Å². The highest BCUT2D eigenvalue weighted by molar-refractivity contribution is 5.77.